The van der Waals surface area contributed by atoms with Gasteiger partial charge in [0, 0.05) is 6.54 Å². The van der Waals surface area contributed by atoms with Gasteiger partial charge in [0.1, 0.15) is 0 Å². The zero-order valence-electron chi connectivity index (χ0n) is 12.8. The largest absolute Gasteiger partial charge is 0.303 e. The van der Waals surface area contributed by atoms with Crippen molar-refractivity contribution in [2.24, 2.45) is 0 Å². The zero-order valence-corrected chi connectivity index (χ0v) is 14.3. The molecule has 0 N–H and O–H groups in total. The number of hydrogen-bond acceptors (Lipinski definition) is 2. The van der Waals surface area contributed by atoms with Crippen LogP contribution >= 0.6 is 23.2 Å². The first-order valence-corrected chi connectivity index (χ1v) is 8.65. The summed E-state index contributed by atoms with van der Waals surface area (Å²) in [6.45, 7) is 9.04. The van der Waals surface area contributed by atoms with Gasteiger partial charge in [-0.25, -0.2) is 0 Å². The monoisotopic (exact) mass is 327 g/mol. The smallest absolute Gasteiger partial charge is 0.0595 e. The van der Waals surface area contributed by atoms with Crippen molar-refractivity contribution in [1.29, 1.82) is 0 Å². The van der Waals surface area contributed by atoms with E-state index in [2.05, 4.69) is 29.2 Å². The summed E-state index contributed by atoms with van der Waals surface area (Å²) in [7, 11) is 0. The van der Waals surface area contributed by atoms with Gasteiger partial charge >= 0.3 is 0 Å². The molecule has 0 saturated carbocycles. The highest BCUT2D eigenvalue weighted by Crippen LogP contribution is 2.23. The number of nitrogens with zero attached hydrogens (tertiary/aromatic N) is 2. The van der Waals surface area contributed by atoms with Crippen molar-refractivity contribution in [1.82, 2.24) is 9.80 Å². The molecule has 4 heteroatoms. The van der Waals surface area contributed by atoms with E-state index in [0.717, 1.165) is 19.6 Å². The maximum atomic E-state index is 6.09. The van der Waals surface area contributed by atoms with E-state index in [1.807, 2.05) is 12.1 Å². The van der Waals surface area contributed by atoms with Crippen LogP contribution in [-0.2, 0) is 6.54 Å². The summed E-state index contributed by atoms with van der Waals surface area (Å²) in [5.41, 5.74) is 1.24. The molecule has 1 aromatic carbocycles. The van der Waals surface area contributed by atoms with E-state index < -0.39 is 0 Å². The Kier molecular flexibility index (Phi) is 7.31. The van der Waals surface area contributed by atoms with Crippen LogP contribution in [0.2, 0.25) is 10.0 Å². The van der Waals surface area contributed by atoms with Gasteiger partial charge in [-0.15, -0.1) is 0 Å². The first kappa shape index (κ1) is 17.1. The van der Waals surface area contributed by atoms with Crippen LogP contribution in [0.3, 0.4) is 0 Å². The predicted octanol–water partition coefficient (Wildman–Crippen LogP) is 4.51. The fraction of sp³-hybridized carbons (Fsp3) is 0.588. The van der Waals surface area contributed by atoms with Crippen molar-refractivity contribution >= 4 is 23.2 Å². The summed E-state index contributed by atoms with van der Waals surface area (Å²) in [4.78, 5) is 5.04. The van der Waals surface area contributed by atoms with Crippen molar-refractivity contribution < 1.29 is 0 Å². The van der Waals surface area contributed by atoms with Crippen LogP contribution in [0.5, 0.6) is 0 Å². The van der Waals surface area contributed by atoms with Crippen LogP contribution in [0.1, 0.15) is 31.7 Å². The summed E-state index contributed by atoms with van der Waals surface area (Å²) >= 11 is 12.1. The van der Waals surface area contributed by atoms with E-state index >= 15 is 0 Å². The molecule has 1 saturated heterocycles. The quantitative estimate of drug-likeness (QED) is 0.727. The average Bonchev–Trinajstić information content (AvgIpc) is 2.51. The number of likely N-dealkylation sites (tertiary alicyclic amines) is 1. The Balaban J connectivity index is 1.75. The van der Waals surface area contributed by atoms with E-state index in [-0.39, 0.29) is 0 Å². The van der Waals surface area contributed by atoms with E-state index in [1.54, 1.807) is 0 Å². The molecule has 1 aromatic rings. The fourth-order valence-corrected chi connectivity index (χ4v) is 3.11. The highest BCUT2D eigenvalue weighted by Gasteiger charge is 2.11. The van der Waals surface area contributed by atoms with Gasteiger partial charge in [-0.05, 0) is 76.1 Å². The third-order valence-corrected chi connectivity index (χ3v) is 4.82. The number of halogens is 2. The molecule has 1 aliphatic rings. The van der Waals surface area contributed by atoms with Gasteiger partial charge < -0.3 is 4.90 Å². The van der Waals surface area contributed by atoms with Crippen molar-refractivity contribution in [3.8, 4) is 0 Å². The van der Waals surface area contributed by atoms with Crippen molar-refractivity contribution in [3.63, 3.8) is 0 Å². The second-order valence-corrected chi connectivity index (χ2v) is 6.49. The molecular formula is C17H25Cl2N2. The van der Waals surface area contributed by atoms with E-state index in [9.17, 15) is 0 Å². The van der Waals surface area contributed by atoms with Gasteiger partial charge in [-0.1, -0.05) is 36.2 Å². The second-order valence-electron chi connectivity index (χ2n) is 5.68. The molecule has 1 radical (unpaired) electrons. The predicted molar refractivity (Wildman–Crippen MR) is 92.0 cm³/mol. The van der Waals surface area contributed by atoms with Gasteiger partial charge in [-0.2, -0.15) is 0 Å². The molecule has 0 aliphatic carbocycles. The van der Waals surface area contributed by atoms with Crippen molar-refractivity contribution in [3.05, 3.63) is 40.2 Å². The lowest BCUT2D eigenvalue weighted by Gasteiger charge is -2.27. The molecule has 0 amide bonds. The topological polar surface area (TPSA) is 6.48 Å². The van der Waals surface area contributed by atoms with Gasteiger partial charge in [-0.3, -0.25) is 4.90 Å². The summed E-state index contributed by atoms with van der Waals surface area (Å²) < 4.78 is 0. The molecule has 2 nitrogen and oxygen atoms in total. The maximum Gasteiger partial charge on any atom is 0.0595 e. The van der Waals surface area contributed by atoms with E-state index in [1.165, 1.54) is 44.5 Å². The van der Waals surface area contributed by atoms with Crippen molar-refractivity contribution in [2.75, 3.05) is 32.7 Å². The van der Waals surface area contributed by atoms with Gasteiger partial charge in [0.2, 0.25) is 0 Å². The second kappa shape index (κ2) is 8.99. The van der Waals surface area contributed by atoms with Crippen molar-refractivity contribution in [2.45, 2.75) is 32.7 Å². The highest BCUT2D eigenvalue weighted by molar-refractivity contribution is 6.42. The third-order valence-electron chi connectivity index (χ3n) is 4.08. The third kappa shape index (κ3) is 5.78. The van der Waals surface area contributed by atoms with Gasteiger partial charge in [0.25, 0.3) is 0 Å². The molecule has 1 heterocycles. The Morgan fingerprint density at radius 2 is 1.90 bits per heavy atom. The molecular weight excluding hydrogens is 303 g/mol. The number of piperidine rings is 1. The maximum absolute atomic E-state index is 6.09. The summed E-state index contributed by atoms with van der Waals surface area (Å²) in [6.07, 6.45) is 6.13. The summed E-state index contributed by atoms with van der Waals surface area (Å²) in [5.74, 6) is 0. The molecule has 0 spiro atoms. The normalized spacial score (nSPS) is 16.6. The first-order chi connectivity index (χ1) is 10.2. The number of hydrogen-bond donors (Lipinski definition) is 0. The Morgan fingerprint density at radius 3 is 2.57 bits per heavy atom. The van der Waals surface area contributed by atoms with Crippen LogP contribution in [-0.4, -0.2) is 42.5 Å². The van der Waals surface area contributed by atoms with Gasteiger partial charge in [0.05, 0.1) is 10.0 Å². The minimum Gasteiger partial charge on any atom is -0.303 e. The number of rotatable bonds is 7. The molecule has 0 atom stereocenters. The molecule has 1 aliphatic heterocycles. The minimum atomic E-state index is 0.630. The van der Waals surface area contributed by atoms with E-state index in [4.69, 9.17) is 23.2 Å². The Morgan fingerprint density at radius 1 is 1.14 bits per heavy atom. The number of benzene rings is 1. The lowest BCUT2D eigenvalue weighted by molar-refractivity contribution is 0.217. The fourth-order valence-electron chi connectivity index (χ4n) is 2.79. The Bertz CT molecular complexity index is 431. The Labute approximate surface area is 139 Å². The Hall–Kier alpha value is -0.280. The van der Waals surface area contributed by atoms with E-state index in [0.29, 0.717) is 10.0 Å². The summed E-state index contributed by atoms with van der Waals surface area (Å²) in [5, 5.41) is 1.28. The van der Waals surface area contributed by atoms with Crippen LogP contribution in [0.4, 0.5) is 0 Å². The van der Waals surface area contributed by atoms with Crippen LogP contribution in [0.25, 0.3) is 0 Å². The van der Waals surface area contributed by atoms with Crippen LogP contribution in [0, 0.1) is 6.42 Å². The minimum absolute atomic E-state index is 0.630. The van der Waals surface area contributed by atoms with Crippen LogP contribution < -0.4 is 0 Å². The highest BCUT2D eigenvalue weighted by atomic mass is 35.5. The SMILES string of the molecule is CCN(CCCN1CC[CH]CC1)Cc1ccc(Cl)c(Cl)c1. The zero-order chi connectivity index (χ0) is 15.1. The standard InChI is InChI=1S/C17H25Cl2N2/c1-2-20(11-6-12-21-9-4-3-5-10-21)14-15-7-8-16(18)17(19)13-15/h3,7-8,13H,2,4-6,9-12,14H2,1H3. The molecule has 0 unspecified atom stereocenters. The average molecular weight is 328 g/mol. The molecule has 0 aromatic heterocycles. The lowest BCUT2D eigenvalue weighted by atomic mass is 10.1. The summed E-state index contributed by atoms with van der Waals surface area (Å²) in [6, 6.07) is 5.93. The molecule has 117 valence electrons. The molecule has 1 fully saturated rings. The van der Waals surface area contributed by atoms with Gasteiger partial charge in [0.15, 0.2) is 0 Å². The molecule has 21 heavy (non-hydrogen) atoms. The van der Waals surface area contributed by atoms with Crippen LogP contribution in [0.15, 0.2) is 18.2 Å². The molecule has 2 rings (SSSR count). The first-order valence-electron chi connectivity index (χ1n) is 7.89. The lowest BCUT2D eigenvalue weighted by Crippen LogP contribution is -2.33. The molecule has 0 bridgehead atoms.